The molecule has 2 aromatic carbocycles. The van der Waals surface area contributed by atoms with E-state index in [2.05, 4.69) is 5.32 Å². The lowest BCUT2D eigenvalue weighted by Gasteiger charge is -2.22. The molecule has 3 rings (SSSR count). The zero-order valence-electron chi connectivity index (χ0n) is 15.4. The quantitative estimate of drug-likeness (QED) is 0.737. The van der Waals surface area contributed by atoms with E-state index < -0.39 is 0 Å². The zero-order valence-corrected chi connectivity index (χ0v) is 16.9. The van der Waals surface area contributed by atoms with E-state index in [1.54, 1.807) is 42.5 Å². The number of benzene rings is 2. The second-order valence-electron chi connectivity index (χ2n) is 6.66. The number of anilines is 1. The highest BCUT2D eigenvalue weighted by Gasteiger charge is 2.20. The van der Waals surface area contributed by atoms with Crippen LogP contribution in [0.5, 0.6) is 5.75 Å². The van der Waals surface area contributed by atoms with Crippen molar-refractivity contribution in [2.45, 2.75) is 25.7 Å². The molecule has 7 heteroatoms. The first kappa shape index (κ1) is 20.5. The van der Waals surface area contributed by atoms with Crippen molar-refractivity contribution >= 4 is 40.7 Å². The Hall–Kier alpha value is -2.24. The molecule has 2 aromatic rings. The highest BCUT2D eigenvalue weighted by molar-refractivity contribution is 6.35. The highest BCUT2D eigenvalue weighted by atomic mass is 35.5. The van der Waals surface area contributed by atoms with Crippen LogP contribution in [0, 0.1) is 0 Å². The van der Waals surface area contributed by atoms with Gasteiger partial charge in [0.05, 0.1) is 16.3 Å². The number of hydrogen-bond acceptors (Lipinski definition) is 3. The van der Waals surface area contributed by atoms with Crippen LogP contribution in [0.4, 0.5) is 5.69 Å². The number of rotatable bonds is 5. The first-order valence-corrected chi connectivity index (χ1v) is 10.1. The first-order chi connectivity index (χ1) is 13.5. The molecule has 0 bridgehead atoms. The van der Waals surface area contributed by atoms with Gasteiger partial charge in [-0.15, -0.1) is 0 Å². The molecule has 0 radical (unpaired) electrons. The number of nitrogens with one attached hydrogen (secondary N) is 1. The molecule has 0 aliphatic carbocycles. The van der Waals surface area contributed by atoms with Gasteiger partial charge in [0.15, 0.2) is 6.61 Å². The fourth-order valence-corrected chi connectivity index (χ4v) is 3.61. The Kier molecular flexibility index (Phi) is 7.18. The van der Waals surface area contributed by atoms with Gasteiger partial charge in [0.2, 0.25) is 0 Å². The molecule has 0 atom stereocenters. The van der Waals surface area contributed by atoms with E-state index in [0.717, 1.165) is 38.8 Å². The number of para-hydroxylation sites is 1. The number of hydrogen-bond donors (Lipinski definition) is 1. The lowest BCUT2D eigenvalue weighted by Crippen LogP contribution is -2.33. The minimum Gasteiger partial charge on any atom is -0.482 e. The molecule has 1 aliphatic rings. The molecule has 0 saturated carbocycles. The van der Waals surface area contributed by atoms with Crippen molar-refractivity contribution in [1.29, 1.82) is 0 Å². The zero-order chi connectivity index (χ0) is 19.9. The second-order valence-corrected chi connectivity index (χ2v) is 7.51. The number of carbonyl (C=O) groups is 2. The van der Waals surface area contributed by atoms with E-state index in [-0.39, 0.29) is 18.4 Å². The topological polar surface area (TPSA) is 58.6 Å². The third kappa shape index (κ3) is 5.40. The summed E-state index contributed by atoms with van der Waals surface area (Å²) in [6, 6.07) is 11.8. The molecule has 1 saturated heterocycles. The van der Waals surface area contributed by atoms with Gasteiger partial charge in [-0.1, -0.05) is 48.2 Å². The molecule has 1 aliphatic heterocycles. The van der Waals surface area contributed by atoms with Crippen LogP contribution in [-0.4, -0.2) is 36.4 Å². The summed E-state index contributed by atoms with van der Waals surface area (Å²) >= 11 is 11.9. The van der Waals surface area contributed by atoms with Gasteiger partial charge < -0.3 is 15.0 Å². The predicted octanol–water partition coefficient (Wildman–Crippen LogP) is 5.03. The normalized spacial score (nSPS) is 14.3. The summed E-state index contributed by atoms with van der Waals surface area (Å²) in [5, 5.41) is 3.59. The maximum atomic E-state index is 12.9. The Morgan fingerprint density at radius 3 is 2.43 bits per heavy atom. The third-order valence-electron chi connectivity index (χ3n) is 4.58. The molecule has 28 heavy (non-hydrogen) atoms. The van der Waals surface area contributed by atoms with Crippen LogP contribution >= 0.6 is 23.2 Å². The van der Waals surface area contributed by atoms with Crippen LogP contribution in [-0.2, 0) is 4.79 Å². The van der Waals surface area contributed by atoms with Crippen molar-refractivity contribution in [2.75, 3.05) is 25.0 Å². The summed E-state index contributed by atoms with van der Waals surface area (Å²) in [6.07, 6.45) is 4.31. The lowest BCUT2D eigenvalue weighted by molar-refractivity contribution is -0.118. The highest BCUT2D eigenvalue weighted by Crippen LogP contribution is 2.27. The third-order valence-corrected chi connectivity index (χ3v) is 5.11. The number of carbonyl (C=O) groups excluding carboxylic acids is 2. The Morgan fingerprint density at radius 1 is 1.00 bits per heavy atom. The number of nitrogens with zero attached hydrogens (tertiary/aromatic N) is 1. The summed E-state index contributed by atoms with van der Waals surface area (Å²) in [7, 11) is 0. The molecule has 0 unspecified atom stereocenters. The number of likely N-dealkylation sites (tertiary alicyclic amines) is 1. The lowest BCUT2D eigenvalue weighted by atomic mass is 10.1. The van der Waals surface area contributed by atoms with Crippen molar-refractivity contribution < 1.29 is 14.3 Å². The average Bonchev–Trinajstić information content (AvgIpc) is 2.97. The van der Waals surface area contributed by atoms with E-state index in [1.165, 1.54) is 0 Å². The van der Waals surface area contributed by atoms with Gasteiger partial charge in [-0.3, -0.25) is 9.59 Å². The van der Waals surface area contributed by atoms with Crippen LogP contribution in [0.3, 0.4) is 0 Å². The molecular weight excluding hydrogens is 399 g/mol. The van der Waals surface area contributed by atoms with Crippen molar-refractivity contribution in [3.05, 3.63) is 58.1 Å². The smallest absolute Gasteiger partial charge is 0.262 e. The standard InChI is InChI=1S/C21H22Cl2N2O3/c22-15-9-10-19(17(23)13-15)28-14-20(26)24-18-8-4-3-7-16(18)21(27)25-11-5-1-2-6-12-25/h3-4,7-10,13H,1-2,5-6,11-12,14H2,(H,24,26). The van der Waals surface area contributed by atoms with Gasteiger partial charge in [0.1, 0.15) is 5.75 Å². The molecule has 1 N–H and O–H groups in total. The average molecular weight is 421 g/mol. The van der Waals surface area contributed by atoms with Crippen molar-refractivity contribution in [2.24, 2.45) is 0 Å². The molecule has 0 aromatic heterocycles. The van der Waals surface area contributed by atoms with E-state index in [1.807, 2.05) is 4.90 Å². The molecular formula is C21H22Cl2N2O3. The number of halogens is 2. The fourth-order valence-electron chi connectivity index (χ4n) is 3.14. The van der Waals surface area contributed by atoms with Gasteiger partial charge in [-0.2, -0.15) is 0 Å². The van der Waals surface area contributed by atoms with Crippen LogP contribution in [0.1, 0.15) is 36.0 Å². The van der Waals surface area contributed by atoms with Crippen LogP contribution < -0.4 is 10.1 Å². The van der Waals surface area contributed by atoms with Gasteiger partial charge in [-0.25, -0.2) is 0 Å². The summed E-state index contributed by atoms with van der Waals surface area (Å²) in [5.74, 6) is -0.0586. The van der Waals surface area contributed by atoms with E-state index in [4.69, 9.17) is 27.9 Å². The van der Waals surface area contributed by atoms with Gasteiger partial charge in [-0.05, 0) is 43.2 Å². The Bertz CT molecular complexity index is 849. The Morgan fingerprint density at radius 2 is 1.71 bits per heavy atom. The summed E-state index contributed by atoms with van der Waals surface area (Å²) in [5.41, 5.74) is 0.967. The second kappa shape index (κ2) is 9.80. The van der Waals surface area contributed by atoms with Gasteiger partial charge in [0, 0.05) is 18.1 Å². The first-order valence-electron chi connectivity index (χ1n) is 9.30. The molecule has 5 nitrogen and oxygen atoms in total. The SMILES string of the molecule is O=C(COc1ccc(Cl)cc1Cl)Nc1ccccc1C(=O)N1CCCCCC1. The maximum Gasteiger partial charge on any atom is 0.262 e. The monoisotopic (exact) mass is 420 g/mol. The number of ether oxygens (including phenoxy) is 1. The van der Waals surface area contributed by atoms with Crippen LogP contribution in [0.25, 0.3) is 0 Å². The Labute approximate surface area is 174 Å². The number of amides is 2. The largest absolute Gasteiger partial charge is 0.482 e. The summed E-state index contributed by atoms with van der Waals surface area (Å²) in [4.78, 5) is 27.1. The molecule has 0 spiro atoms. The molecule has 1 heterocycles. The summed E-state index contributed by atoms with van der Waals surface area (Å²) < 4.78 is 5.46. The van der Waals surface area contributed by atoms with E-state index in [0.29, 0.717) is 27.0 Å². The molecule has 148 valence electrons. The van der Waals surface area contributed by atoms with Crippen LogP contribution in [0.2, 0.25) is 10.0 Å². The maximum absolute atomic E-state index is 12.9. The van der Waals surface area contributed by atoms with Crippen molar-refractivity contribution in [3.63, 3.8) is 0 Å². The predicted molar refractivity (Wildman–Crippen MR) is 111 cm³/mol. The minimum atomic E-state index is -0.373. The van der Waals surface area contributed by atoms with Gasteiger partial charge in [0.25, 0.3) is 11.8 Å². The Balaban J connectivity index is 1.65. The fraction of sp³-hybridized carbons (Fsp3) is 0.333. The van der Waals surface area contributed by atoms with Crippen molar-refractivity contribution in [1.82, 2.24) is 4.90 Å². The van der Waals surface area contributed by atoms with E-state index in [9.17, 15) is 9.59 Å². The molecule has 2 amide bonds. The summed E-state index contributed by atoms with van der Waals surface area (Å²) in [6.45, 7) is 1.27. The van der Waals surface area contributed by atoms with Crippen LogP contribution in [0.15, 0.2) is 42.5 Å². The van der Waals surface area contributed by atoms with Crippen molar-refractivity contribution in [3.8, 4) is 5.75 Å². The van der Waals surface area contributed by atoms with Gasteiger partial charge >= 0.3 is 0 Å². The minimum absolute atomic E-state index is 0.0561. The van der Waals surface area contributed by atoms with E-state index >= 15 is 0 Å². The molecule has 1 fully saturated rings.